The third-order valence-corrected chi connectivity index (χ3v) is 2.98. The van der Waals surface area contributed by atoms with Crippen molar-refractivity contribution in [1.29, 1.82) is 0 Å². The lowest BCUT2D eigenvalue weighted by Crippen LogP contribution is -2.14. The number of hydrogen-bond donors (Lipinski definition) is 1. The van der Waals surface area contributed by atoms with Gasteiger partial charge in [-0.1, -0.05) is 29.8 Å². The van der Waals surface area contributed by atoms with Gasteiger partial charge in [0, 0.05) is 5.56 Å². The highest BCUT2D eigenvalue weighted by molar-refractivity contribution is 6.06. The molecule has 19 heavy (non-hydrogen) atoms. The summed E-state index contributed by atoms with van der Waals surface area (Å²) in [6.45, 7) is 3.94. The Hall–Kier alpha value is -2.29. The van der Waals surface area contributed by atoms with E-state index >= 15 is 0 Å². The lowest BCUT2D eigenvalue weighted by atomic mass is 10.1. The van der Waals surface area contributed by atoms with Gasteiger partial charge in [-0.05, 0) is 37.6 Å². The van der Waals surface area contributed by atoms with E-state index < -0.39 is 0 Å². The molecule has 2 aromatic rings. The highest BCUT2D eigenvalue weighted by Gasteiger charge is 2.11. The molecule has 0 heterocycles. The third-order valence-electron chi connectivity index (χ3n) is 2.98. The Balaban J connectivity index is 2.26. The summed E-state index contributed by atoms with van der Waals surface area (Å²) in [5, 5.41) is 2.87. The number of para-hydroxylation sites is 2. The van der Waals surface area contributed by atoms with Gasteiger partial charge in [0.1, 0.15) is 5.75 Å². The lowest BCUT2D eigenvalue weighted by Gasteiger charge is -2.11. The average Bonchev–Trinajstić information content (AvgIpc) is 2.39. The van der Waals surface area contributed by atoms with Crippen molar-refractivity contribution < 1.29 is 9.53 Å². The van der Waals surface area contributed by atoms with Gasteiger partial charge in [0.25, 0.3) is 5.91 Å². The molecule has 1 N–H and O–H groups in total. The van der Waals surface area contributed by atoms with E-state index in [-0.39, 0.29) is 5.91 Å². The monoisotopic (exact) mass is 255 g/mol. The number of aryl methyl sites for hydroxylation is 2. The van der Waals surface area contributed by atoms with Gasteiger partial charge < -0.3 is 10.1 Å². The molecule has 0 aromatic heterocycles. The molecule has 0 atom stereocenters. The van der Waals surface area contributed by atoms with Gasteiger partial charge in [0.05, 0.1) is 12.8 Å². The van der Waals surface area contributed by atoms with Gasteiger partial charge in [-0.2, -0.15) is 0 Å². The molecule has 1 amide bonds. The number of carbonyl (C=O) groups excluding carboxylic acids is 1. The maximum atomic E-state index is 12.2. The smallest absolute Gasteiger partial charge is 0.256 e. The van der Waals surface area contributed by atoms with Crippen LogP contribution in [0.25, 0.3) is 0 Å². The second kappa shape index (κ2) is 5.57. The molecule has 3 heteroatoms. The third kappa shape index (κ3) is 2.94. The molecule has 0 bridgehead atoms. The number of amides is 1. The molecule has 2 rings (SSSR count). The van der Waals surface area contributed by atoms with Crippen LogP contribution in [0.5, 0.6) is 5.75 Å². The SMILES string of the molecule is COc1ccccc1NC(=O)c1ccc(C)cc1C. The second-order valence-corrected chi connectivity index (χ2v) is 4.47. The van der Waals surface area contributed by atoms with Crippen LogP contribution in [0.15, 0.2) is 42.5 Å². The molecule has 0 saturated heterocycles. The standard InChI is InChI=1S/C16H17NO2/c1-11-8-9-13(12(2)10-11)16(18)17-14-6-4-5-7-15(14)19-3/h4-10H,1-3H3,(H,17,18). The fraction of sp³-hybridized carbons (Fsp3) is 0.188. The maximum Gasteiger partial charge on any atom is 0.256 e. The van der Waals surface area contributed by atoms with Gasteiger partial charge in [0.15, 0.2) is 0 Å². The molecule has 0 aliphatic heterocycles. The van der Waals surface area contributed by atoms with Crippen LogP contribution >= 0.6 is 0 Å². The number of methoxy groups -OCH3 is 1. The minimum absolute atomic E-state index is 0.123. The van der Waals surface area contributed by atoms with Crippen molar-refractivity contribution >= 4 is 11.6 Å². The summed E-state index contributed by atoms with van der Waals surface area (Å²) in [4.78, 5) is 12.2. The van der Waals surface area contributed by atoms with E-state index in [4.69, 9.17) is 4.74 Å². The number of ether oxygens (including phenoxy) is 1. The largest absolute Gasteiger partial charge is 0.495 e. The Bertz CT molecular complexity index is 605. The molecule has 98 valence electrons. The van der Waals surface area contributed by atoms with Crippen molar-refractivity contribution in [3.05, 3.63) is 59.2 Å². The van der Waals surface area contributed by atoms with E-state index in [0.29, 0.717) is 17.0 Å². The Labute approximate surface area is 113 Å². The molecule has 3 nitrogen and oxygen atoms in total. The van der Waals surface area contributed by atoms with Crippen LogP contribution in [0, 0.1) is 13.8 Å². The van der Waals surface area contributed by atoms with Crippen molar-refractivity contribution in [3.8, 4) is 5.75 Å². The Kier molecular flexibility index (Phi) is 3.85. The first-order chi connectivity index (χ1) is 9.11. The van der Waals surface area contributed by atoms with Gasteiger partial charge in [-0.25, -0.2) is 0 Å². The first-order valence-electron chi connectivity index (χ1n) is 6.13. The van der Waals surface area contributed by atoms with Crippen LogP contribution in [0.3, 0.4) is 0 Å². The minimum atomic E-state index is -0.123. The number of rotatable bonds is 3. The summed E-state index contributed by atoms with van der Waals surface area (Å²) in [5.41, 5.74) is 3.46. The van der Waals surface area contributed by atoms with E-state index in [1.54, 1.807) is 7.11 Å². The summed E-state index contributed by atoms with van der Waals surface area (Å²) < 4.78 is 5.22. The number of benzene rings is 2. The Morgan fingerprint density at radius 2 is 1.84 bits per heavy atom. The fourth-order valence-electron chi connectivity index (χ4n) is 2.01. The highest BCUT2D eigenvalue weighted by Crippen LogP contribution is 2.24. The normalized spacial score (nSPS) is 10.1. The van der Waals surface area contributed by atoms with Crippen LogP contribution in [0.2, 0.25) is 0 Å². The predicted molar refractivity (Wildman–Crippen MR) is 76.9 cm³/mol. The van der Waals surface area contributed by atoms with Gasteiger partial charge in [-0.15, -0.1) is 0 Å². The molecule has 2 aromatic carbocycles. The summed E-state index contributed by atoms with van der Waals surface area (Å²) >= 11 is 0. The summed E-state index contributed by atoms with van der Waals surface area (Å²) in [5.74, 6) is 0.530. The van der Waals surface area contributed by atoms with Crippen LogP contribution in [-0.4, -0.2) is 13.0 Å². The molecule has 0 saturated carbocycles. The number of carbonyl (C=O) groups is 1. The van der Waals surface area contributed by atoms with Crippen molar-refractivity contribution in [3.63, 3.8) is 0 Å². The van der Waals surface area contributed by atoms with Gasteiger partial charge in [-0.3, -0.25) is 4.79 Å². The van der Waals surface area contributed by atoms with Gasteiger partial charge in [0.2, 0.25) is 0 Å². The van der Waals surface area contributed by atoms with Crippen LogP contribution < -0.4 is 10.1 Å². The zero-order chi connectivity index (χ0) is 13.8. The Morgan fingerprint density at radius 1 is 1.11 bits per heavy atom. The summed E-state index contributed by atoms with van der Waals surface area (Å²) in [6, 6.07) is 13.1. The zero-order valence-electron chi connectivity index (χ0n) is 11.4. The molecule has 0 spiro atoms. The zero-order valence-corrected chi connectivity index (χ0v) is 11.4. The minimum Gasteiger partial charge on any atom is -0.495 e. The van der Waals surface area contributed by atoms with E-state index in [2.05, 4.69) is 5.32 Å². The van der Waals surface area contributed by atoms with Crippen molar-refractivity contribution in [2.75, 3.05) is 12.4 Å². The number of nitrogens with one attached hydrogen (secondary N) is 1. The molecule has 0 radical (unpaired) electrons. The fourth-order valence-corrected chi connectivity index (χ4v) is 2.01. The van der Waals surface area contributed by atoms with Crippen LogP contribution in [0.1, 0.15) is 21.5 Å². The van der Waals surface area contributed by atoms with E-state index in [9.17, 15) is 4.79 Å². The number of anilines is 1. The first-order valence-corrected chi connectivity index (χ1v) is 6.13. The van der Waals surface area contributed by atoms with Gasteiger partial charge >= 0.3 is 0 Å². The van der Waals surface area contributed by atoms with Crippen molar-refractivity contribution in [2.45, 2.75) is 13.8 Å². The summed E-state index contributed by atoms with van der Waals surface area (Å²) in [7, 11) is 1.59. The van der Waals surface area contributed by atoms with Crippen LogP contribution in [0.4, 0.5) is 5.69 Å². The maximum absolute atomic E-state index is 12.2. The second-order valence-electron chi connectivity index (χ2n) is 4.47. The quantitative estimate of drug-likeness (QED) is 0.910. The average molecular weight is 255 g/mol. The topological polar surface area (TPSA) is 38.3 Å². The van der Waals surface area contributed by atoms with Crippen molar-refractivity contribution in [1.82, 2.24) is 0 Å². The molecule has 0 fully saturated rings. The molecule has 0 unspecified atom stereocenters. The van der Waals surface area contributed by atoms with E-state index in [1.807, 2.05) is 56.3 Å². The lowest BCUT2D eigenvalue weighted by molar-refractivity contribution is 0.102. The van der Waals surface area contributed by atoms with Crippen molar-refractivity contribution in [2.24, 2.45) is 0 Å². The predicted octanol–water partition coefficient (Wildman–Crippen LogP) is 3.56. The molecule has 0 aliphatic carbocycles. The van der Waals surface area contributed by atoms with E-state index in [1.165, 1.54) is 0 Å². The molecular weight excluding hydrogens is 238 g/mol. The van der Waals surface area contributed by atoms with Crippen LogP contribution in [-0.2, 0) is 0 Å². The Morgan fingerprint density at radius 3 is 2.53 bits per heavy atom. The molecular formula is C16H17NO2. The first kappa shape index (κ1) is 13.1. The van der Waals surface area contributed by atoms with E-state index in [0.717, 1.165) is 11.1 Å². The molecule has 0 aliphatic rings. The highest BCUT2D eigenvalue weighted by atomic mass is 16.5. The summed E-state index contributed by atoms with van der Waals surface area (Å²) in [6.07, 6.45) is 0. The number of hydrogen-bond acceptors (Lipinski definition) is 2.